The molecule has 0 aromatic carbocycles. The predicted molar refractivity (Wildman–Crippen MR) is 82.3 cm³/mol. The van der Waals surface area contributed by atoms with Crippen LogP contribution in [0.25, 0.3) is 0 Å². The van der Waals surface area contributed by atoms with Crippen LogP contribution in [0.15, 0.2) is 15.9 Å². The van der Waals surface area contributed by atoms with Gasteiger partial charge in [-0.25, -0.2) is 0 Å². The van der Waals surface area contributed by atoms with Crippen LogP contribution >= 0.6 is 27.3 Å². The van der Waals surface area contributed by atoms with Gasteiger partial charge in [-0.15, -0.1) is 11.3 Å². The molecule has 2 unspecified atom stereocenters. The zero-order valence-electron chi connectivity index (χ0n) is 11.1. The first kappa shape index (κ1) is 14.5. The maximum absolute atomic E-state index is 3.54. The van der Waals surface area contributed by atoms with Gasteiger partial charge in [0.15, 0.2) is 0 Å². The zero-order chi connectivity index (χ0) is 13.0. The van der Waals surface area contributed by atoms with Gasteiger partial charge in [0.25, 0.3) is 0 Å². The number of thiophene rings is 1. The SMILES string of the molecule is CNC(CC(C)N1CCNCC1)c1cc(Br)cs1. The van der Waals surface area contributed by atoms with Gasteiger partial charge < -0.3 is 10.6 Å². The van der Waals surface area contributed by atoms with E-state index < -0.39 is 0 Å². The molecule has 0 amide bonds. The molecule has 0 aliphatic carbocycles. The minimum absolute atomic E-state index is 0.464. The summed E-state index contributed by atoms with van der Waals surface area (Å²) >= 11 is 5.37. The molecule has 102 valence electrons. The average molecular weight is 332 g/mol. The number of nitrogens with zero attached hydrogens (tertiary/aromatic N) is 1. The van der Waals surface area contributed by atoms with Gasteiger partial charge in [-0.3, -0.25) is 4.90 Å². The Balaban J connectivity index is 1.93. The van der Waals surface area contributed by atoms with E-state index in [1.54, 1.807) is 0 Å². The van der Waals surface area contributed by atoms with Crippen molar-refractivity contribution in [2.75, 3.05) is 33.2 Å². The highest BCUT2D eigenvalue weighted by molar-refractivity contribution is 9.10. The fourth-order valence-corrected chi connectivity index (χ4v) is 4.07. The van der Waals surface area contributed by atoms with E-state index in [-0.39, 0.29) is 0 Å². The Morgan fingerprint density at radius 1 is 1.50 bits per heavy atom. The molecule has 3 nitrogen and oxygen atoms in total. The number of halogens is 1. The monoisotopic (exact) mass is 331 g/mol. The highest BCUT2D eigenvalue weighted by Crippen LogP contribution is 2.29. The second kappa shape index (κ2) is 7.01. The molecular weight excluding hydrogens is 310 g/mol. The summed E-state index contributed by atoms with van der Waals surface area (Å²) in [7, 11) is 2.06. The van der Waals surface area contributed by atoms with Gasteiger partial charge in [0.05, 0.1) is 0 Å². The van der Waals surface area contributed by atoms with Crippen LogP contribution in [0.4, 0.5) is 0 Å². The minimum Gasteiger partial charge on any atom is -0.314 e. The smallest absolute Gasteiger partial charge is 0.0427 e. The third-order valence-corrected chi connectivity index (χ3v) is 5.44. The van der Waals surface area contributed by atoms with Crippen LogP contribution in [0.3, 0.4) is 0 Å². The van der Waals surface area contributed by atoms with Gasteiger partial charge >= 0.3 is 0 Å². The van der Waals surface area contributed by atoms with Crippen LogP contribution in [-0.4, -0.2) is 44.2 Å². The van der Waals surface area contributed by atoms with Gasteiger partial charge in [-0.05, 0) is 42.4 Å². The number of nitrogens with one attached hydrogen (secondary N) is 2. The summed E-state index contributed by atoms with van der Waals surface area (Å²) in [4.78, 5) is 4.01. The van der Waals surface area contributed by atoms with Crippen molar-refractivity contribution in [1.82, 2.24) is 15.5 Å². The summed E-state index contributed by atoms with van der Waals surface area (Å²) in [5, 5.41) is 9.02. The molecule has 18 heavy (non-hydrogen) atoms. The number of hydrogen-bond donors (Lipinski definition) is 2. The van der Waals surface area contributed by atoms with Crippen molar-refractivity contribution in [3.63, 3.8) is 0 Å². The molecule has 0 spiro atoms. The first-order valence-corrected chi connectivity index (χ1v) is 8.24. The second-order valence-electron chi connectivity index (χ2n) is 4.88. The average Bonchev–Trinajstić information content (AvgIpc) is 2.83. The van der Waals surface area contributed by atoms with Gasteiger partial charge in [0.1, 0.15) is 0 Å². The quantitative estimate of drug-likeness (QED) is 0.867. The molecule has 5 heteroatoms. The van der Waals surface area contributed by atoms with E-state index in [9.17, 15) is 0 Å². The van der Waals surface area contributed by atoms with Crippen LogP contribution in [-0.2, 0) is 0 Å². The molecule has 1 aromatic heterocycles. The zero-order valence-corrected chi connectivity index (χ0v) is 13.5. The minimum atomic E-state index is 0.464. The first-order valence-electron chi connectivity index (χ1n) is 6.56. The van der Waals surface area contributed by atoms with Crippen LogP contribution in [0, 0.1) is 0 Å². The summed E-state index contributed by atoms with van der Waals surface area (Å²) < 4.78 is 1.19. The van der Waals surface area contributed by atoms with Gasteiger partial charge in [0, 0.05) is 53.0 Å². The Labute approximate surface area is 122 Å². The van der Waals surface area contributed by atoms with Crippen molar-refractivity contribution in [1.29, 1.82) is 0 Å². The summed E-state index contributed by atoms with van der Waals surface area (Å²) in [5.41, 5.74) is 0. The Bertz CT molecular complexity index is 363. The van der Waals surface area contributed by atoms with Crippen molar-refractivity contribution in [2.24, 2.45) is 0 Å². The van der Waals surface area contributed by atoms with Crippen LogP contribution in [0.5, 0.6) is 0 Å². The van der Waals surface area contributed by atoms with Crippen LogP contribution < -0.4 is 10.6 Å². The maximum atomic E-state index is 3.54. The fraction of sp³-hybridized carbons (Fsp3) is 0.692. The molecule has 1 aromatic rings. The molecule has 1 saturated heterocycles. The van der Waals surface area contributed by atoms with E-state index in [0.717, 1.165) is 13.1 Å². The lowest BCUT2D eigenvalue weighted by Gasteiger charge is -2.34. The molecule has 1 aliphatic heterocycles. The molecular formula is C13H22BrN3S. The molecule has 2 heterocycles. The highest BCUT2D eigenvalue weighted by Gasteiger charge is 2.21. The molecule has 1 fully saturated rings. The lowest BCUT2D eigenvalue weighted by atomic mass is 10.1. The predicted octanol–water partition coefficient (Wildman–Crippen LogP) is 2.45. The van der Waals surface area contributed by atoms with E-state index in [1.807, 2.05) is 11.3 Å². The fourth-order valence-electron chi connectivity index (χ4n) is 2.50. The Hall–Kier alpha value is 0.0600. The number of piperazine rings is 1. The molecule has 2 N–H and O–H groups in total. The lowest BCUT2D eigenvalue weighted by Crippen LogP contribution is -2.48. The summed E-state index contributed by atoms with van der Waals surface area (Å²) in [6.45, 7) is 6.94. The summed E-state index contributed by atoms with van der Waals surface area (Å²) in [6, 6.07) is 3.33. The lowest BCUT2D eigenvalue weighted by molar-refractivity contribution is 0.167. The van der Waals surface area contributed by atoms with Crippen molar-refractivity contribution >= 4 is 27.3 Å². The molecule has 0 radical (unpaired) electrons. The molecule has 2 atom stereocenters. The number of rotatable bonds is 5. The normalized spacial score (nSPS) is 20.8. The third-order valence-electron chi connectivity index (χ3n) is 3.63. The van der Waals surface area contributed by atoms with Crippen molar-refractivity contribution in [3.8, 4) is 0 Å². The van der Waals surface area contributed by atoms with Crippen molar-refractivity contribution < 1.29 is 0 Å². The standard InChI is InChI=1S/C13H22BrN3S/c1-10(17-5-3-16-4-6-17)7-12(15-2)13-8-11(14)9-18-13/h8-10,12,15-16H,3-7H2,1-2H3. The van der Waals surface area contributed by atoms with E-state index in [1.165, 1.54) is 28.9 Å². The Kier molecular flexibility index (Phi) is 5.63. The topological polar surface area (TPSA) is 27.3 Å². The second-order valence-corrected chi connectivity index (χ2v) is 6.74. The van der Waals surface area contributed by atoms with Crippen LogP contribution in [0.2, 0.25) is 0 Å². The van der Waals surface area contributed by atoms with Crippen LogP contribution in [0.1, 0.15) is 24.3 Å². The molecule has 0 bridgehead atoms. The molecule has 2 rings (SSSR count). The first-order chi connectivity index (χ1) is 8.70. The largest absolute Gasteiger partial charge is 0.314 e. The van der Waals surface area contributed by atoms with E-state index in [4.69, 9.17) is 0 Å². The van der Waals surface area contributed by atoms with E-state index in [2.05, 4.69) is 56.9 Å². The van der Waals surface area contributed by atoms with E-state index >= 15 is 0 Å². The van der Waals surface area contributed by atoms with Gasteiger partial charge in [-0.2, -0.15) is 0 Å². The van der Waals surface area contributed by atoms with Crippen molar-refractivity contribution in [3.05, 3.63) is 20.8 Å². The molecule has 1 aliphatic rings. The Morgan fingerprint density at radius 2 is 2.22 bits per heavy atom. The number of hydrogen-bond acceptors (Lipinski definition) is 4. The van der Waals surface area contributed by atoms with Gasteiger partial charge in [0.2, 0.25) is 0 Å². The van der Waals surface area contributed by atoms with Gasteiger partial charge in [-0.1, -0.05) is 0 Å². The van der Waals surface area contributed by atoms with E-state index in [0.29, 0.717) is 12.1 Å². The molecule has 0 saturated carbocycles. The summed E-state index contributed by atoms with van der Waals surface area (Å²) in [6.07, 6.45) is 1.17. The maximum Gasteiger partial charge on any atom is 0.0427 e. The Morgan fingerprint density at radius 3 is 2.78 bits per heavy atom. The van der Waals surface area contributed by atoms with Crippen molar-refractivity contribution in [2.45, 2.75) is 25.4 Å². The third kappa shape index (κ3) is 3.78. The summed E-state index contributed by atoms with van der Waals surface area (Å²) in [5.74, 6) is 0. The highest BCUT2D eigenvalue weighted by atomic mass is 79.9.